The van der Waals surface area contributed by atoms with Crippen molar-refractivity contribution in [3.63, 3.8) is 0 Å². The van der Waals surface area contributed by atoms with Gasteiger partial charge >= 0.3 is 5.97 Å². The zero-order valence-corrected chi connectivity index (χ0v) is 25.4. The molecule has 10 heteroatoms. The number of esters is 1. The smallest absolute Gasteiger partial charge is 0.332 e. The molecule has 236 valence electrons. The van der Waals surface area contributed by atoms with Crippen LogP contribution in [0.3, 0.4) is 0 Å². The SMILES string of the molecule is CCOC(=O)COCCCC(O)CCCOc1cc(F)c([C@@H]2c3[nH]c4ccccc4c3C[C@@H](C)N2CC(C)(C)F)c(F)c1. The molecule has 0 aliphatic carbocycles. The third kappa shape index (κ3) is 8.52. The van der Waals surface area contributed by atoms with Crippen molar-refractivity contribution in [3.8, 4) is 5.75 Å². The summed E-state index contributed by atoms with van der Waals surface area (Å²) >= 11 is 0. The number of nitrogens with zero attached hydrogens (tertiary/aromatic N) is 1. The highest BCUT2D eigenvalue weighted by atomic mass is 19.1. The second-order valence-electron chi connectivity index (χ2n) is 11.9. The summed E-state index contributed by atoms with van der Waals surface area (Å²) in [5, 5.41) is 11.2. The summed E-state index contributed by atoms with van der Waals surface area (Å²) in [7, 11) is 0. The number of hydrogen-bond acceptors (Lipinski definition) is 6. The van der Waals surface area contributed by atoms with Gasteiger partial charge in [0.2, 0.25) is 0 Å². The lowest BCUT2D eigenvalue weighted by Gasteiger charge is -2.43. The van der Waals surface area contributed by atoms with E-state index in [1.165, 1.54) is 26.0 Å². The fourth-order valence-corrected chi connectivity index (χ4v) is 5.84. The van der Waals surface area contributed by atoms with Gasteiger partial charge < -0.3 is 24.3 Å². The van der Waals surface area contributed by atoms with Gasteiger partial charge in [0.1, 0.15) is 29.7 Å². The molecule has 0 fully saturated rings. The number of H-pyrrole nitrogens is 1. The van der Waals surface area contributed by atoms with Gasteiger partial charge in [-0.2, -0.15) is 0 Å². The first-order valence-electron chi connectivity index (χ1n) is 15.1. The highest BCUT2D eigenvalue weighted by Gasteiger charge is 2.41. The van der Waals surface area contributed by atoms with E-state index in [1.54, 1.807) is 6.92 Å². The van der Waals surface area contributed by atoms with E-state index in [1.807, 2.05) is 36.1 Å². The Labute approximate surface area is 251 Å². The molecule has 4 rings (SSSR count). The quantitative estimate of drug-likeness (QED) is 0.154. The zero-order valence-electron chi connectivity index (χ0n) is 25.4. The predicted octanol–water partition coefficient (Wildman–Crippen LogP) is 6.41. The number of nitrogens with one attached hydrogen (secondary N) is 1. The fourth-order valence-electron chi connectivity index (χ4n) is 5.84. The summed E-state index contributed by atoms with van der Waals surface area (Å²) in [6, 6.07) is 9.11. The van der Waals surface area contributed by atoms with E-state index in [2.05, 4.69) is 4.98 Å². The molecule has 1 aliphatic rings. The Morgan fingerprint density at radius 1 is 1.14 bits per heavy atom. The third-order valence-electron chi connectivity index (χ3n) is 7.70. The average Bonchev–Trinajstić information content (AvgIpc) is 3.29. The molecule has 0 spiro atoms. The number of rotatable bonds is 15. The summed E-state index contributed by atoms with van der Waals surface area (Å²) in [6.07, 6.45) is 2.03. The molecule has 3 atom stereocenters. The third-order valence-corrected chi connectivity index (χ3v) is 7.70. The van der Waals surface area contributed by atoms with Crippen molar-refractivity contribution in [1.82, 2.24) is 9.88 Å². The molecule has 7 nitrogen and oxygen atoms in total. The number of aromatic amines is 1. The number of para-hydroxylation sites is 1. The molecule has 1 aliphatic heterocycles. The van der Waals surface area contributed by atoms with Crippen LogP contribution in [0.4, 0.5) is 13.2 Å². The molecule has 0 bridgehead atoms. The van der Waals surface area contributed by atoms with Gasteiger partial charge in [0, 0.05) is 53.5 Å². The molecule has 2 heterocycles. The lowest BCUT2D eigenvalue weighted by atomic mass is 9.87. The molecule has 1 unspecified atom stereocenters. The maximum absolute atomic E-state index is 15.8. The summed E-state index contributed by atoms with van der Waals surface area (Å²) in [5.74, 6) is -1.89. The van der Waals surface area contributed by atoms with Crippen molar-refractivity contribution in [2.24, 2.45) is 0 Å². The van der Waals surface area contributed by atoms with E-state index in [-0.39, 0.29) is 37.1 Å². The Morgan fingerprint density at radius 2 is 1.81 bits per heavy atom. The molecule has 2 N–H and O–H groups in total. The predicted molar refractivity (Wildman–Crippen MR) is 159 cm³/mol. The minimum Gasteiger partial charge on any atom is -0.493 e. The van der Waals surface area contributed by atoms with Crippen LogP contribution >= 0.6 is 0 Å². The largest absolute Gasteiger partial charge is 0.493 e. The molecule has 43 heavy (non-hydrogen) atoms. The summed E-state index contributed by atoms with van der Waals surface area (Å²) in [6.45, 7) is 7.32. The molecule has 0 radical (unpaired) electrons. The standard InChI is InChI=1S/C33H43F3N2O5/c1-5-42-29(40)19-41-14-8-10-22(39)11-9-15-43-23-17-26(34)30(27(35)18-23)32-31-25(24-12-6-7-13-28(24)37-31)16-21(2)38(32)20-33(3,4)36/h6-7,12-13,17-18,21-22,32,37,39H,5,8-11,14-16,19-20H2,1-4H3/t21-,22?,32-/m1/s1. The number of ether oxygens (including phenoxy) is 3. The van der Waals surface area contributed by atoms with Crippen LogP contribution < -0.4 is 4.74 Å². The number of aromatic nitrogens is 1. The van der Waals surface area contributed by atoms with E-state index < -0.39 is 35.4 Å². The Hall–Kier alpha value is -3.08. The number of halogens is 3. The normalized spacial score (nSPS) is 18.0. The van der Waals surface area contributed by atoms with Crippen LogP contribution in [0, 0.1) is 11.6 Å². The number of fused-ring (bicyclic) bond motifs is 3. The lowest BCUT2D eigenvalue weighted by Crippen LogP contribution is -2.48. The number of alkyl halides is 1. The number of benzene rings is 2. The van der Waals surface area contributed by atoms with Crippen LogP contribution in [0.1, 0.15) is 76.2 Å². The average molecular weight is 605 g/mol. The number of aliphatic hydroxyl groups excluding tert-OH is 1. The van der Waals surface area contributed by atoms with Gasteiger partial charge in [-0.05, 0) is 71.4 Å². The zero-order chi connectivity index (χ0) is 31.1. The van der Waals surface area contributed by atoms with Crippen molar-refractivity contribution in [2.75, 3.05) is 33.0 Å². The van der Waals surface area contributed by atoms with Gasteiger partial charge in [0.15, 0.2) is 0 Å². The van der Waals surface area contributed by atoms with Gasteiger partial charge in [-0.3, -0.25) is 4.90 Å². The Kier molecular flexibility index (Phi) is 11.1. The molecule has 0 amide bonds. The summed E-state index contributed by atoms with van der Waals surface area (Å²) < 4.78 is 62.2. The molecule has 0 saturated carbocycles. The maximum atomic E-state index is 15.8. The van der Waals surface area contributed by atoms with Crippen molar-refractivity contribution < 1.29 is 37.3 Å². The first kappa shape index (κ1) is 32.8. The number of carbonyl (C=O) groups is 1. The Bertz CT molecular complexity index is 1350. The molecule has 1 aromatic heterocycles. The first-order chi connectivity index (χ1) is 20.5. The van der Waals surface area contributed by atoms with E-state index in [9.17, 15) is 14.3 Å². The molecule has 0 saturated heterocycles. The maximum Gasteiger partial charge on any atom is 0.332 e. The summed E-state index contributed by atoms with van der Waals surface area (Å²) in [5.41, 5.74) is 0.820. The van der Waals surface area contributed by atoms with E-state index in [0.29, 0.717) is 51.0 Å². The van der Waals surface area contributed by atoms with E-state index >= 15 is 8.78 Å². The summed E-state index contributed by atoms with van der Waals surface area (Å²) in [4.78, 5) is 16.5. The molecular weight excluding hydrogens is 561 g/mol. The van der Waals surface area contributed by atoms with Crippen LogP contribution in [0.5, 0.6) is 5.75 Å². The Balaban J connectivity index is 1.41. The Morgan fingerprint density at radius 3 is 2.49 bits per heavy atom. The first-order valence-corrected chi connectivity index (χ1v) is 15.1. The van der Waals surface area contributed by atoms with Crippen LogP contribution in [-0.4, -0.2) is 71.7 Å². The lowest BCUT2D eigenvalue weighted by molar-refractivity contribution is -0.148. The second-order valence-corrected chi connectivity index (χ2v) is 11.9. The highest BCUT2D eigenvalue weighted by molar-refractivity contribution is 5.85. The van der Waals surface area contributed by atoms with Crippen molar-refractivity contribution in [1.29, 1.82) is 0 Å². The number of carbonyl (C=O) groups excluding carboxylic acids is 1. The van der Waals surface area contributed by atoms with E-state index in [4.69, 9.17) is 14.2 Å². The van der Waals surface area contributed by atoms with Crippen molar-refractivity contribution >= 4 is 16.9 Å². The minimum absolute atomic E-state index is 0.00458. The van der Waals surface area contributed by atoms with Crippen LogP contribution in [0.25, 0.3) is 10.9 Å². The monoisotopic (exact) mass is 604 g/mol. The van der Waals surface area contributed by atoms with Gasteiger partial charge in [-0.25, -0.2) is 18.0 Å². The topological polar surface area (TPSA) is 84.0 Å². The van der Waals surface area contributed by atoms with Gasteiger partial charge in [0.25, 0.3) is 0 Å². The molecule has 2 aromatic carbocycles. The van der Waals surface area contributed by atoms with Crippen LogP contribution in [0.15, 0.2) is 36.4 Å². The number of aliphatic hydroxyl groups is 1. The second kappa shape index (κ2) is 14.6. The number of hydrogen-bond donors (Lipinski definition) is 2. The van der Waals surface area contributed by atoms with Gasteiger partial charge in [-0.1, -0.05) is 18.2 Å². The van der Waals surface area contributed by atoms with E-state index in [0.717, 1.165) is 16.5 Å². The van der Waals surface area contributed by atoms with Gasteiger partial charge in [-0.15, -0.1) is 0 Å². The van der Waals surface area contributed by atoms with Gasteiger partial charge in [0.05, 0.1) is 25.4 Å². The van der Waals surface area contributed by atoms with Crippen molar-refractivity contribution in [2.45, 2.75) is 83.7 Å². The highest BCUT2D eigenvalue weighted by Crippen LogP contribution is 2.43. The van der Waals surface area contributed by atoms with Crippen LogP contribution in [-0.2, 0) is 20.7 Å². The molecular formula is C33H43F3N2O5. The molecule has 3 aromatic rings. The fraction of sp³-hybridized carbons (Fsp3) is 0.545. The van der Waals surface area contributed by atoms with Crippen LogP contribution in [0.2, 0.25) is 0 Å². The van der Waals surface area contributed by atoms with Crippen molar-refractivity contribution in [3.05, 3.63) is 64.9 Å². The minimum atomic E-state index is -1.58.